The Balaban J connectivity index is 1.84. The van der Waals surface area contributed by atoms with Crippen molar-refractivity contribution in [2.75, 3.05) is 6.54 Å². The molecule has 0 spiro atoms. The zero-order valence-electron chi connectivity index (χ0n) is 11.9. The van der Waals surface area contributed by atoms with Gasteiger partial charge in [-0.25, -0.2) is 0 Å². The van der Waals surface area contributed by atoms with E-state index < -0.39 is 6.61 Å². The molecule has 0 unspecified atom stereocenters. The molecule has 1 aromatic carbocycles. The third kappa shape index (κ3) is 5.75. The van der Waals surface area contributed by atoms with Gasteiger partial charge in [-0.05, 0) is 56.8 Å². The van der Waals surface area contributed by atoms with Gasteiger partial charge in [-0.2, -0.15) is 8.78 Å². The summed E-state index contributed by atoms with van der Waals surface area (Å²) in [4.78, 5) is 0. The molecule has 21 heavy (non-hydrogen) atoms. The fraction of sp³-hybridized carbons (Fsp3) is 0.500. The molecule has 1 aliphatic carbocycles. The summed E-state index contributed by atoms with van der Waals surface area (Å²) in [5.41, 5.74) is 2.24. The molecule has 0 heterocycles. The van der Waals surface area contributed by atoms with Gasteiger partial charge in [0.15, 0.2) is 0 Å². The summed E-state index contributed by atoms with van der Waals surface area (Å²) < 4.78 is 30.1. The van der Waals surface area contributed by atoms with Gasteiger partial charge in [-0.3, -0.25) is 0 Å². The summed E-state index contributed by atoms with van der Waals surface area (Å²) in [5, 5.41) is 3.30. The van der Waals surface area contributed by atoms with Gasteiger partial charge in [0.25, 0.3) is 0 Å². The predicted molar refractivity (Wildman–Crippen MR) is 83.6 cm³/mol. The van der Waals surface area contributed by atoms with Crippen LogP contribution in [0.4, 0.5) is 8.78 Å². The molecule has 0 fully saturated rings. The largest absolute Gasteiger partial charge is 0.434 e. The Kier molecular flexibility index (Phi) is 6.64. The van der Waals surface area contributed by atoms with Crippen LogP contribution >= 0.6 is 15.9 Å². The van der Waals surface area contributed by atoms with E-state index in [0.29, 0.717) is 6.54 Å². The van der Waals surface area contributed by atoms with Crippen LogP contribution in [0.2, 0.25) is 0 Å². The van der Waals surface area contributed by atoms with Crippen molar-refractivity contribution in [2.24, 2.45) is 0 Å². The van der Waals surface area contributed by atoms with E-state index in [1.54, 1.807) is 12.1 Å². The van der Waals surface area contributed by atoms with E-state index in [4.69, 9.17) is 0 Å². The average Bonchev–Trinajstić information content (AvgIpc) is 2.47. The van der Waals surface area contributed by atoms with Crippen molar-refractivity contribution < 1.29 is 13.5 Å². The molecular formula is C16H20BrF2NO. The van der Waals surface area contributed by atoms with Crippen molar-refractivity contribution in [3.63, 3.8) is 0 Å². The number of hydrogen-bond donors (Lipinski definition) is 1. The lowest BCUT2D eigenvalue weighted by molar-refractivity contribution is -0.0505. The molecule has 1 N–H and O–H groups in total. The number of allylic oxidation sites excluding steroid dienone is 1. The highest BCUT2D eigenvalue weighted by Crippen LogP contribution is 2.25. The van der Waals surface area contributed by atoms with Gasteiger partial charge in [0.05, 0.1) is 0 Å². The molecule has 2 nitrogen and oxygen atoms in total. The summed E-state index contributed by atoms with van der Waals surface area (Å²) in [5.74, 6) is 0.234. The minimum absolute atomic E-state index is 0.234. The number of hydrogen-bond acceptors (Lipinski definition) is 2. The molecule has 0 bridgehead atoms. The zero-order chi connectivity index (χ0) is 15.1. The molecule has 0 amide bonds. The van der Waals surface area contributed by atoms with Crippen molar-refractivity contribution in [3.8, 4) is 5.75 Å². The molecule has 1 aliphatic rings. The van der Waals surface area contributed by atoms with Crippen LogP contribution in [0.15, 0.2) is 34.3 Å². The van der Waals surface area contributed by atoms with Gasteiger partial charge in [0, 0.05) is 16.6 Å². The van der Waals surface area contributed by atoms with Crippen molar-refractivity contribution in [2.45, 2.75) is 45.3 Å². The van der Waals surface area contributed by atoms with Gasteiger partial charge in [0.1, 0.15) is 5.75 Å². The Morgan fingerprint density at radius 3 is 2.86 bits per heavy atom. The maximum absolute atomic E-state index is 12.4. The lowest BCUT2D eigenvalue weighted by Gasteiger charge is -2.14. The lowest BCUT2D eigenvalue weighted by Crippen LogP contribution is -2.17. The highest BCUT2D eigenvalue weighted by atomic mass is 79.9. The third-order valence-electron chi connectivity index (χ3n) is 3.56. The molecule has 0 aromatic heterocycles. The topological polar surface area (TPSA) is 21.3 Å². The fourth-order valence-corrected chi connectivity index (χ4v) is 2.91. The van der Waals surface area contributed by atoms with Crippen molar-refractivity contribution in [3.05, 3.63) is 39.9 Å². The molecule has 5 heteroatoms. The Labute approximate surface area is 132 Å². The first-order chi connectivity index (χ1) is 10.1. The first-order valence-corrected chi connectivity index (χ1v) is 8.06. The van der Waals surface area contributed by atoms with Gasteiger partial charge in [-0.15, -0.1) is 0 Å². The van der Waals surface area contributed by atoms with Gasteiger partial charge < -0.3 is 10.1 Å². The summed E-state index contributed by atoms with van der Waals surface area (Å²) in [6, 6.07) is 5.08. The first kappa shape index (κ1) is 16.4. The summed E-state index contributed by atoms with van der Waals surface area (Å²) in [6.45, 7) is -1.42. The molecule has 0 saturated heterocycles. The van der Waals surface area contributed by atoms with Crippen LogP contribution in [0.1, 0.15) is 37.7 Å². The summed E-state index contributed by atoms with van der Waals surface area (Å²) in [7, 11) is 0. The van der Waals surface area contributed by atoms with Crippen molar-refractivity contribution in [1.82, 2.24) is 5.32 Å². The SMILES string of the molecule is FC(F)Oc1ccc(Br)cc1CNCCC1=CCCCC1. The average molecular weight is 360 g/mol. The van der Waals surface area contributed by atoms with E-state index in [2.05, 4.69) is 32.1 Å². The van der Waals surface area contributed by atoms with Gasteiger partial charge in [-0.1, -0.05) is 27.6 Å². The second-order valence-corrected chi connectivity index (χ2v) is 6.08. The minimum Gasteiger partial charge on any atom is -0.434 e. The minimum atomic E-state index is -2.79. The summed E-state index contributed by atoms with van der Waals surface area (Å²) >= 11 is 3.35. The van der Waals surface area contributed by atoms with Crippen molar-refractivity contribution in [1.29, 1.82) is 0 Å². The maximum Gasteiger partial charge on any atom is 0.387 e. The molecule has 1 aromatic rings. The van der Waals surface area contributed by atoms with E-state index in [1.165, 1.54) is 31.3 Å². The van der Waals surface area contributed by atoms with E-state index in [9.17, 15) is 8.78 Å². The van der Waals surface area contributed by atoms with Crippen molar-refractivity contribution >= 4 is 15.9 Å². The maximum atomic E-state index is 12.4. The number of ether oxygens (including phenoxy) is 1. The molecule has 0 radical (unpaired) electrons. The third-order valence-corrected chi connectivity index (χ3v) is 4.06. The van der Waals surface area contributed by atoms with Crippen LogP contribution < -0.4 is 10.1 Å². The normalized spacial score (nSPS) is 15.1. The van der Waals surface area contributed by atoms with E-state index in [1.807, 2.05) is 6.07 Å². The standard InChI is InChI=1S/C16H20BrF2NO/c17-14-6-7-15(21-16(18)19)13(10-14)11-20-9-8-12-4-2-1-3-5-12/h4,6-7,10,16,20H,1-3,5,8-9,11H2. The molecule has 2 rings (SSSR count). The van der Waals surface area contributed by atoms with Crippen LogP contribution in [0, 0.1) is 0 Å². The Morgan fingerprint density at radius 2 is 2.14 bits per heavy atom. The van der Waals surface area contributed by atoms with E-state index in [-0.39, 0.29) is 5.75 Å². The fourth-order valence-electron chi connectivity index (χ4n) is 2.50. The molecule has 116 valence electrons. The quantitative estimate of drug-likeness (QED) is 0.544. The Bertz CT molecular complexity index is 491. The van der Waals surface area contributed by atoms with Crippen LogP contribution in [0.3, 0.4) is 0 Å². The second kappa shape index (κ2) is 8.49. The highest BCUT2D eigenvalue weighted by molar-refractivity contribution is 9.10. The smallest absolute Gasteiger partial charge is 0.387 e. The Hall–Kier alpha value is -0.940. The molecule has 0 aliphatic heterocycles. The highest BCUT2D eigenvalue weighted by Gasteiger charge is 2.10. The molecular weight excluding hydrogens is 340 g/mol. The molecule has 0 atom stereocenters. The first-order valence-electron chi connectivity index (χ1n) is 7.27. The van der Waals surface area contributed by atoms with Gasteiger partial charge in [0.2, 0.25) is 0 Å². The second-order valence-electron chi connectivity index (χ2n) is 5.17. The van der Waals surface area contributed by atoms with Crippen LogP contribution in [-0.4, -0.2) is 13.2 Å². The number of nitrogens with one attached hydrogen (secondary N) is 1. The van der Waals surface area contributed by atoms with Gasteiger partial charge >= 0.3 is 6.61 Å². The van der Waals surface area contributed by atoms with Crippen LogP contribution in [0.5, 0.6) is 5.75 Å². The Morgan fingerprint density at radius 1 is 1.29 bits per heavy atom. The number of rotatable bonds is 7. The predicted octanol–water partition coefficient (Wildman–Crippen LogP) is 5.03. The number of alkyl halides is 2. The van der Waals surface area contributed by atoms with Crippen LogP contribution in [0.25, 0.3) is 0 Å². The monoisotopic (exact) mass is 359 g/mol. The lowest BCUT2D eigenvalue weighted by atomic mass is 9.97. The van der Waals surface area contributed by atoms with Crippen LogP contribution in [-0.2, 0) is 6.54 Å². The molecule has 0 saturated carbocycles. The number of halogens is 3. The van der Waals surface area contributed by atoms with E-state index >= 15 is 0 Å². The summed E-state index contributed by atoms with van der Waals surface area (Å²) in [6.07, 6.45) is 8.31. The zero-order valence-corrected chi connectivity index (χ0v) is 13.5. The number of benzene rings is 1. The van der Waals surface area contributed by atoms with E-state index in [0.717, 1.165) is 23.0 Å².